The normalized spacial score (nSPS) is 17.7. The summed E-state index contributed by atoms with van der Waals surface area (Å²) >= 11 is 0. The summed E-state index contributed by atoms with van der Waals surface area (Å²) < 4.78 is 16.1. The predicted octanol–water partition coefficient (Wildman–Crippen LogP) is 2.80. The van der Waals surface area contributed by atoms with E-state index >= 15 is 0 Å². The van der Waals surface area contributed by atoms with E-state index < -0.39 is 29.9 Å². The van der Waals surface area contributed by atoms with E-state index in [2.05, 4.69) is 17.2 Å². The largest absolute Gasteiger partial charge is 0.490 e. The minimum absolute atomic E-state index is 0.325. The van der Waals surface area contributed by atoms with Crippen molar-refractivity contribution in [2.45, 2.75) is 44.9 Å². The number of benzene rings is 1. The molecule has 0 bridgehead atoms. The molecule has 1 aliphatic rings. The summed E-state index contributed by atoms with van der Waals surface area (Å²) in [5, 5.41) is 5.42. The number of ether oxygens (including phenoxy) is 3. The minimum atomic E-state index is -0.613. The highest BCUT2D eigenvalue weighted by Gasteiger charge is 2.33. The lowest BCUT2D eigenvalue weighted by atomic mass is 10.0. The van der Waals surface area contributed by atoms with Crippen molar-refractivity contribution >= 4 is 12.2 Å². The maximum absolute atomic E-state index is 12.2. The first-order valence-corrected chi connectivity index (χ1v) is 8.53. The lowest BCUT2D eigenvalue weighted by Crippen LogP contribution is -2.48. The van der Waals surface area contributed by atoms with Gasteiger partial charge in [0, 0.05) is 0 Å². The second-order valence-corrected chi connectivity index (χ2v) is 7.03. The number of hydrogen-bond donors (Lipinski definition) is 2. The van der Waals surface area contributed by atoms with Crippen LogP contribution in [-0.2, 0) is 15.9 Å². The van der Waals surface area contributed by atoms with Crippen LogP contribution >= 0.6 is 0 Å². The fourth-order valence-electron chi connectivity index (χ4n) is 2.53. The molecule has 0 radical (unpaired) electrons. The lowest BCUT2D eigenvalue weighted by Gasteiger charge is -2.26. The fourth-order valence-corrected chi connectivity index (χ4v) is 2.53. The zero-order valence-electron chi connectivity index (χ0n) is 15.4. The Hall–Kier alpha value is -2.70. The van der Waals surface area contributed by atoms with Gasteiger partial charge < -0.3 is 24.8 Å². The van der Waals surface area contributed by atoms with E-state index in [0.717, 1.165) is 5.56 Å². The molecule has 0 spiro atoms. The summed E-state index contributed by atoms with van der Waals surface area (Å²) in [5.74, 6) is 0.708. The highest BCUT2D eigenvalue weighted by Crippen LogP contribution is 2.18. The molecule has 7 nitrogen and oxygen atoms in total. The Morgan fingerprint density at radius 2 is 2.27 bits per heavy atom. The van der Waals surface area contributed by atoms with Crippen molar-refractivity contribution in [3.8, 4) is 5.75 Å². The first-order chi connectivity index (χ1) is 12.3. The van der Waals surface area contributed by atoms with Gasteiger partial charge in [0.1, 0.15) is 24.1 Å². The van der Waals surface area contributed by atoms with E-state index in [9.17, 15) is 9.59 Å². The number of carbonyl (C=O) groups is 2. The van der Waals surface area contributed by atoms with Crippen LogP contribution in [0.3, 0.4) is 0 Å². The third kappa shape index (κ3) is 6.31. The molecule has 142 valence electrons. The van der Waals surface area contributed by atoms with Gasteiger partial charge in [-0.15, -0.1) is 0 Å². The maximum atomic E-state index is 12.2. The van der Waals surface area contributed by atoms with Crippen LogP contribution in [0, 0.1) is 0 Å². The van der Waals surface area contributed by atoms with Crippen LogP contribution in [-0.4, -0.2) is 43.1 Å². The number of nitrogens with one attached hydrogen (secondary N) is 2. The van der Waals surface area contributed by atoms with Gasteiger partial charge >= 0.3 is 12.2 Å². The summed E-state index contributed by atoms with van der Waals surface area (Å²) in [6.07, 6.45) is 0.610. The highest BCUT2D eigenvalue weighted by molar-refractivity contribution is 5.71. The van der Waals surface area contributed by atoms with Gasteiger partial charge in [-0.05, 0) is 44.9 Å². The first-order valence-electron chi connectivity index (χ1n) is 8.53. The molecule has 1 unspecified atom stereocenters. The van der Waals surface area contributed by atoms with Crippen LogP contribution in [0.1, 0.15) is 26.3 Å². The highest BCUT2D eigenvalue weighted by atomic mass is 16.6. The standard InChI is InChI=1S/C19H26N2O5/c1-5-9-24-14-8-6-7-13(10-14)11-15(16-12-20-17(22)25-16)21-18(23)26-19(2,3)4/h5-8,10,15-16H,1,9,11-12H2,2-4H3,(H,20,22)(H,21,23)/t15-,16?/m0/s1. The molecule has 1 saturated heterocycles. The molecular weight excluding hydrogens is 336 g/mol. The summed E-state index contributed by atoms with van der Waals surface area (Å²) in [6, 6.07) is 7.10. The second kappa shape index (κ2) is 8.60. The number of alkyl carbamates (subject to hydrolysis) is 2. The van der Waals surface area contributed by atoms with E-state index in [1.807, 2.05) is 24.3 Å². The summed E-state index contributed by atoms with van der Waals surface area (Å²) in [6.45, 7) is 9.73. The van der Waals surface area contributed by atoms with Gasteiger partial charge in [-0.1, -0.05) is 24.8 Å². The number of hydrogen-bond acceptors (Lipinski definition) is 5. The minimum Gasteiger partial charge on any atom is -0.490 e. The Kier molecular flexibility index (Phi) is 6.49. The van der Waals surface area contributed by atoms with Crippen LogP contribution < -0.4 is 15.4 Å². The predicted molar refractivity (Wildman–Crippen MR) is 97.3 cm³/mol. The Morgan fingerprint density at radius 3 is 2.88 bits per heavy atom. The molecule has 0 saturated carbocycles. The molecule has 1 aromatic rings. The monoisotopic (exact) mass is 362 g/mol. The first kappa shape index (κ1) is 19.6. The molecule has 0 aliphatic carbocycles. The van der Waals surface area contributed by atoms with Crippen molar-refractivity contribution in [1.29, 1.82) is 0 Å². The Morgan fingerprint density at radius 1 is 1.50 bits per heavy atom. The smallest absolute Gasteiger partial charge is 0.408 e. The van der Waals surface area contributed by atoms with Gasteiger partial charge in [0.05, 0.1) is 12.6 Å². The van der Waals surface area contributed by atoms with Crippen molar-refractivity contribution in [1.82, 2.24) is 10.6 Å². The van der Waals surface area contributed by atoms with Gasteiger partial charge in [0.25, 0.3) is 0 Å². The van der Waals surface area contributed by atoms with E-state index in [1.165, 1.54) is 0 Å². The van der Waals surface area contributed by atoms with E-state index in [1.54, 1.807) is 26.8 Å². The number of rotatable bonds is 7. The van der Waals surface area contributed by atoms with Crippen LogP contribution in [0.25, 0.3) is 0 Å². The maximum Gasteiger partial charge on any atom is 0.408 e. The van der Waals surface area contributed by atoms with Crippen LogP contribution in [0.5, 0.6) is 5.75 Å². The summed E-state index contributed by atoms with van der Waals surface area (Å²) in [4.78, 5) is 23.6. The molecule has 2 amide bonds. The molecule has 2 N–H and O–H groups in total. The molecule has 1 heterocycles. The van der Waals surface area contributed by atoms with Crippen molar-refractivity contribution in [3.05, 3.63) is 42.5 Å². The van der Waals surface area contributed by atoms with Crippen molar-refractivity contribution in [2.75, 3.05) is 13.2 Å². The molecule has 26 heavy (non-hydrogen) atoms. The zero-order chi connectivity index (χ0) is 19.2. The average Bonchev–Trinajstić information content (AvgIpc) is 2.97. The van der Waals surface area contributed by atoms with E-state index in [0.29, 0.717) is 25.3 Å². The molecule has 1 aromatic carbocycles. The summed E-state index contributed by atoms with van der Waals surface area (Å²) in [5.41, 5.74) is 0.327. The van der Waals surface area contributed by atoms with Crippen LogP contribution in [0.15, 0.2) is 36.9 Å². The number of carbonyl (C=O) groups excluding carboxylic acids is 2. The molecule has 7 heteroatoms. The average molecular weight is 362 g/mol. The lowest BCUT2D eigenvalue weighted by molar-refractivity contribution is 0.0436. The van der Waals surface area contributed by atoms with Gasteiger partial charge in [0.15, 0.2) is 0 Å². The Labute approximate surface area is 153 Å². The topological polar surface area (TPSA) is 85.9 Å². The van der Waals surface area contributed by atoms with E-state index in [4.69, 9.17) is 14.2 Å². The molecule has 1 fully saturated rings. The summed E-state index contributed by atoms with van der Waals surface area (Å²) in [7, 11) is 0. The van der Waals surface area contributed by atoms with Gasteiger partial charge in [-0.3, -0.25) is 0 Å². The molecule has 2 atom stereocenters. The third-order valence-electron chi connectivity index (χ3n) is 3.58. The number of cyclic esters (lactones) is 1. The Balaban J connectivity index is 2.09. The molecular formula is C19H26N2O5. The van der Waals surface area contributed by atoms with Crippen molar-refractivity contribution < 1.29 is 23.8 Å². The quantitative estimate of drug-likeness (QED) is 0.729. The van der Waals surface area contributed by atoms with Crippen molar-refractivity contribution in [2.24, 2.45) is 0 Å². The molecule has 2 rings (SSSR count). The Bertz CT molecular complexity index is 654. The fraction of sp³-hybridized carbons (Fsp3) is 0.474. The van der Waals surface area contributed by atoms with E-state index in [-0.39, 0.29) is 0 Å². The van der Waals surface area contributed by atoms with Gasteiger partial charge in [-0.2, -0.15) is 0 Å². The third-order valence-corrected chi connectivity index (χ3v) is 3.58. The van der Waals surface area contributed by atoms with Crippen LogP contribution in [0.2, 0.25) is 0 Å². The van der Waals surface area contributed by atoms with Gasteiger partial charge in [0.2, 0.25) is 0 Å². The molecule has 1 aliphatic heterocycles. The SMILES string of the molecule is C=CCOc1cccc(C[C@H](NC(=O)OC(C)(C)C)C2CNC(=O)O2)c1. The van der Waals surface area contributed by atoms with Crippen LogP contribution in [0.4, 0.5) is 9.59 Å². The number of amides is 2. The molecule has 0 aromatic heterocycles. The van der Waals surface area contributed by atoms with Gasteiger partial charge in [-0.25, -0.2) is 9.59 Å². The zero-order valence-corrected chi connectivity index (χ0v) is 15.4. The second-order valence-electron chi connectivity index (χ2n) is 7.03. The van der Waals surface area contributed by atoms with Crippen molar-refractivity contribution in [3.63, 3.8) is 0 Å².